The maximum atomic E-state index is 14.5. The number of rotatable bonds is 5. The van der Waals surface area contributed by atoms with Crippen LogP contribution < -0.4 is 4.90 Å². The predicted octanol–water partition coefficient (Wildman–Crippen LogP) is 4.15. The zero-order valence-electron chi connectivity index (χ0n) is 18.2. The number of carbonyl (C=O) groups excluding carboxylic acids is 2. The van der Waals surface area contributed by atoms with Crippen molar-refractivity contribution in [2.45, 2.75) is 31.1 Å². The number of likely N-dealkylation sites (tertiary alicyclic amines) is 1. The van der Waals surface area contributed by atoms with Crippen molar-refractivity contribution < 1.29 is 35.9 Å². The predicted molar refractivity (Wildman–Crippen MR) is 113 cm³/mol. The van der Waals surface area contributed by atoms with Gasteiger partial charge in [0, 0.05) is 19.3 Å². The Balaban J connectivity index is 1.70. The van der Waals surface area contributed by atoms with Crippen molar-refractivity contribution in [2.24, 2.45) is 0 Å². The van der Waals surface area contributed by atoms with Crippen LogP contribution in [0.4, 0.5) is 32.2 Å². The summed E-state index contributed by atoms with van der Waals surface area (Å²) in [5.74, 6) is -2.73. The van der Waals surface area contributed by atoms with E-state index in [1.165, 1.54) is 28.9 Å². The van der Waals surface area contributed by atoms with Crippen LogP contribution in [0.2, 0.25) is 5.02 Å². The second-order valence-corrected chi connectivity index (χ2v) is 8.94. The van der Waals surface area contributed by atoms with Crippen molar-refractivity contribution in [3.8, 4) is 0 Å². The van der Waals surface area contributed by atoms with Gasteiger partial charge in [-0.05, 0) is 30.7 Å². The molecule has 1 aromatic carbocycles. The normalized spacial score (nSPS) is 19.5. The van der Waals surface area contributed by atoms with Gasteiger partial charge in [0.2, 0.25) is 5.91 Å². The molecule has 0 unspecified atom stereocenters. The zero-order chi connectivity index (χ0) is 25.7. The highest BCUT2D eigenvalue weighted by molar-refractivity contribution is 6.30. The van der Waals surface area contributed by atoms with E-state index in [1.54, 1.807) is 0 Å². The fourth-order valence-corrected chi connectivity index (χ4v) is 4.79. The molecule has 2 aliphatic heterocycles. The molecule has 0 saturated carbocycles. The lowest BCUT2D eigenvalue weighted by atomic mass is 9.81. The van der Waals surface area contributed by atoms with Gasteiger partial charge in [-0.2, -0.15) is 13.2 Å². The third kappa shape index (κ3) is 4.56. The molecule has 2 aromatic rings. The minimum absolute atomic E-state index is 0.0268. The summed E-state index contributed by atoms with van der Waals surface area (Å²) in [5.41, 5.74) is -2.19. The molecule has 2 aliphatic rings. The SMILES string of the molecule is C[C@@H](c1ccc(C(F)(F)F)cc1)N1C(=O)CN(c2ncc(Cl)cc2F)C(=O)C12CN(CC(F)F)C2. The van der Waals surface area contributed by atoms with Crippen molar-refractivity contribution in [3.05, 3.63) is 58.5 Å². The molecule has 4 rings (SSSR count). The number of hydrogen-bond donors (Lipinski definition) is 0. The van der Waals surface area contributed by atoms with Crippen molar-refractivity contribution in [2.75, 3.05) is 31.1 Å². The van der Waals surface area contributed by atoms with Gasteiger partial charge in [0.05, 0.1) is 23.2 Å². The van der Waals surface area contributed by atoms with Crippen LogP contribution in [0.3, 0.4) is 0 Å². The summed E-state index contributed by atoms with van der Waals surface area (Å²) in [6.45, 7) is -0.204. The molecule has 1 spiro atoms. The number of hydrogen-bond acceptors (Lipinski definition) is 4. The fraction of sp³-hybridized carbons (Fsp3) is 0.409. The second-order valence-electron chi connectivity index (χ2n) is 8.50. The third-order valence-electron chi connectivity index (χ3n) is 6.18. The maximum absolute atomic E-state index is 14.5. The lowest BCUT2D eigenvalue weighted by Gasteiger charge is -2.59. The largest absolute Gasteiger partial charge is 0.416 e. The number of alkyl halides is 5. The van der Waals surface area contributed by atoms with Crippen LogP contribution in [0.5, 0.6) is 0 Å². The smallest absolute Gasteiger partial charge is 0.317 e. The van der Waals surface area contributed by atoms with Crippen LogP contribution in [0.1, 0.15) is 24.1 Å². The summed E-state index contributed by atoms with van der Waals surface area (Å²) in [6, 6.07) is 4.17. The Morgan fingerprint density at radius 1 is 1.14 bits per heavy atom. The van der Waals surface area contributed by atoms with Crippen LogP contribution in [-0.4, -0.2) is 64.7 Å². The van der Waals surface area contributed by atoms with E-state index >= 15 is 0 Å². The van der Waals surface area contributed by atoms with Crippen LogP contribution in [0.15, 0.2) is 36.5 Å². The molecule has 0 radical (unpaired) electrons. The van der Waals surface area contributed by atoms with Gasteiger partial charge in [0.15, 0.2) is 11.6 Å². The highest BCUT2D eigenvalue weighted by Gasteiger charge is 2.61. The van der Waals surface area contributed by atoms with Gasteiger partial charge in [-0.25, -0.2) is 18.2 Å². The third-order valence-corrected chi connectivity index (χ3v) is 6.39. The van der Waals surface area contributed by atoms with Gasteiger partial charge in [-0.3, -0.25) is 19.4 Å². The lowest BCUT2D eigenvalue weighted by molar-refractivity contribution is -0.169. The number of halogens is 7. The number of anilines is 1. The molecule has 6 nitrogen and oxygen atoms in total. The Kier molecular flexibility index (Phi) is 6.47. The Bertz CT molecular complexity index is 1140. The van der Waals surface area contributed by atoms with Gasteiger partial charge in [-0.1, -0.05) is 23.7 Å². The summed E-state index contributed by atoms with van der Waals surface area (Å²) in [7, 11) is 0. The molecular weight excluding hydrogens is 502 g/mol. The minimum atomic E-state index is -4.56. The van der Waals surface area contributed by atoms with Gasteiger partial charge in [0.1, 0.15) is 12.1 Å². The summed E-state index contributed by atoms with van der Waals surface area (Å²) in [4.78, 5) is 34.0. The maximum Gasteiger partial charge on any atom is 0.416 e. The number of carbonyl (C=O) groups is 2. The first-order valence-corrected chi connectivity index (χ1v) is 10.8. The summed E-state index contributed by atoms with van der Waals surface area (Å²) < 4.78 is 79.3. The minimum Gasteiger partial charge on any atom is -0.317 e. The topological polar surface area (TPSA) is 56.8 Å². The fourth-order valence-electron chi connectivity index (χ4n) is 4.65. The summed E-state index contributed by atoms with van der Waals surface area (Å²) >= 11 is 5.73. The molecule has 13 heteroatoms. The van der Waals surface area contributed by atoms with Gasteiger partial charge >= 0.3 is 6.18 Å². The average molecular weight is 521 g/mol. The quantitative estimate of drug-likeness (QED) is 0.556. The van der Waals surface area contributed by atoms with E-state index in [4.69, 9.17) is 11.6 Å². The van der Waals surface area contributed by atoms with E-state index in [2.05, 4.69) is 4.98 Å². The molecule has 0 N–H and O–H groups in total. The molecule has 0 bridgehead atoms. The summed E-state index contributed by atoms with van der Waals surface area (Å²) in [6.07, 6.45) is -6.14. The van der Waals surface area contributed by atoms with Crippen molar-refractivity contribution in [1.82, 2.24) is 14.8 Å². The van der Waals surface area contributed by atoms with Gasteiger partial charge in [-0.15, -0.1) is 0 Å². The lowest BCUT2D eigenvalue weighted by Crippen LogP contribution is -2.81. The molecule has 2 saturated heterocycles. The average Bonchev–Trinajstić information content (AvgIpc) is 2.74. The first kappa shape index (κ1) is 25.2. The number of pyridine rings is 1. The van der Waals surface area contributed by atoms with Gasteiger partial charge in [0.25, 0.3) is 12.3 Å². The number of nitrogens with zero attached hydrogens (tertiary/aromatic N) is 4. The Morgan fingerprint density at radius 3 is 2.31 bits per heavy atom. The van der Waals surface area contributed by atoms with Crippen LogP contribution >= 0.6 is 11.6 Å². The molecule has 188 valence electrons. The molecule has 2 fully saturated rings. The standard InChI is InChI=1S/C22H19ClF6N4O2/c1-12(13-2-4-14(5-3-13)22(27,28)29)33-18(34)9-32(19-16(24)6-15(23)7-30-19)20(35)21(33)10-31(11-21)8-17(25)26/h2-7,12,17H,8-11H2,1H3/t12-/m0/s1. The van der Waals surface area contributed by atoms with Crippen LogP contribution in [-0.2, 0) is 15.8 Å². The molecule has 35 heavy (non-hydrogen) atoms. The van der Waals surface area contributed by atoms with Crippen LogP contribution in [0.25, 0.3) is 0 Å². The number of benzene rings is 1. The highest BCUT2D eigenvalue weighted by atomic mass is 35.5. The van der Waals surface area contributed by atoms with E-state index in [0.717, 1.165) is 29.3 Å². The highest BCUT2D eigenvalue weighted by Crippen LogP contribution is 2.41. The molecule has 1 aromatic heterocycles. The molecular formula is C22H19ClF6N4O2. The Hall–Kier alpha value is -2.86. The molecule has 1 atom stereocenters. The van der Waals surface area contributed by atoms with Crippen molar-refractivity contribution in [1.29, 1.82) is 0 Å². The van der Waals surface area contributed by atoms with E-state index in [9.17, 15) is 35.9 Å². The van der Waals surface area contributed by atoms with E-state index in [-0.39, 0.29) is 18.1 Å². The molecule has 2 amide bonds. The van der Waals surface area contributed by atoms with Crippen molar-refractivity contribution in [3.63, 3.8) is 0 Å². The monoisotopic (exact) mass is 520 g/mol. The van der Waals surface area contributed by atoms with E-state index in [1.807, 2.05) is 0 Å². The Labute approximate surface area is 201 Å². The van der Waals surface area contributed by atoms with E-state index in [0.29, 0.717) is 5.56 Å². The second kappa shape index (κ2) is 8.98. The number of aromatic nitrogens is 1. The first-order chi connectivity index (χ1) is 16.3. The zero-order valence-corrected chi connectivity index (χ0v) is 19.0. The molecule has 0 aliphatic carbocycles. The number of piperazine rings is 1. The van der Waals surface area contributed by atoms with Crippen molar-refractivity contribution >= 4 is 29.2 Å². The Morgan fingerprint density at radius 2 is 1.77 bits per heavy atom. The van der Waals surface area contributed by atoms with Crippen LogP contribution in [0, 0.1) is 5.82 Å². The first-order valence-electron chi connectivity index (χ1n) is 10.5. The number of amides is 2. The summed E-state index contributed by atoms with van der Waals surface area (Å²) in [5, 5.41) is -0.0268. The molecule has 3 heterocycles. The van der Waals surface area contributed by atoms with E-state index < -0.39 is 66.3 Å². The van der Waals surface area contributed by atoms with Gasteiger partial charge < -0.3 is 4.90 Å².